The molecule has 3 aliphatic rings. The number of sulfonamides is 1. The standard InChI is InChI=1S/C18H26N2O4S/c1-23-13-16-4-2-9-19(16)15-7-8-18-17(12-15)24-11-3-10-20(14-5-6-14)25(18,21)22/h7-8,12,14,16H,2-6,9-11,13H2,1H3/t16-/m0/s1. The summed E-state index contributed by atoms with van der Waals surface area (Å²) in [7, 11) is -1.76. The fraction of sp³-hybridized carbons (Fsp3) is 0.667. The number of anilines is 1. The second kappa shape index (κ2) is 6.78. The SMILES string of the molecule is COC[C@@H]1CCCN1c1ccc2c(c1)OCCCN(C1CC1)S2(=O)=O. The molecule has 0 amide bonds. The largest absolute Gasteiger partial charge is 0.492 e. The highest BCUT2D eigenvalue weighted by molar-refractivity contribution is 7.89. The van der Waals surface area contributed by atoms with Crippen LogP contribution < -0.4 is 9.64 Å². The maximum atomic E-state index is 13.1. The van der Waals surface area contributed by atoms with E-state index in [-0.39, 0.29) is 6.04 Å². The first kappa shape index (κ1) is 17.1. The first-order valence-electron chi connectivity index (χ1n) is 9.15. The molecule has 1 aliphatic carbocycles. The maximum Gasteiger partial charge on any atom is 0.247 e. The molecular formula is C18H26N2O4S. The Balaban J connectivity index is 1.68. The molecule has 2 fully saturated rings. The van der Waals surface area contributed by atoms with E-state index < -0.39 is 10.0 Å². The molecule has 0 unspecified atom stereocenters. The summed E-state index contributed by atoms with van der Waals surface area (Å²) in [6.45, 7) is 2.76. The molecule has 1 aromatic rings. The van der Waals surface area contributed by atoms with Crippen LogP contribution in [0.3, 0.4) is 0 Å². The quantitative estimate of drug-likeness (QED) is 0.818. The molecule has 1 atom stereocenters. The first-order valence-corrected chi connectivity index (χ1v) is 10.6. The van der Waals surface area contributed by atoms with Crippen molar-refractivity contribution in [1.29, 1.82) is 0 Å². The summed E-state index contributed by atoms with van der Waals surface area (Å²) in [5.74, 6) is 0.492. The van der Waals surface area contributed by atoms with E-state index in [1.54, 1.807) is 17.5 Å². The van der Waals surface area contributed by atoms with Crippen molar-refractivity contribution < 1.29 is 17.9 Å². The number of fused-ring (bicyclic) bond motifs is 1. The van der Waals surface area contributed by atoms with Gasteiger partial charge in [0.05, 0.1) is 19.3 Å². The van der Waals surface area contributed by atoms with Crippen LogP contribution in [0.1, 0.15) is 32.1 Å². The van der Waals surface area contributed by atoms with Crippen LogP contribution in [0.25, 0.3) is 0 Å². The van der Waals surface area contributed by atoms with E-state index in [9.17, 15) is 8.42 Å². The summed E-state index contributed by atoms with van der Waals surface area (Å²) in [5, 5.41) is 0. The Morgan fingerprint density at radius 1 is 1.20 bits per heavy atom. The van der Waals surface area contributed by atoms with Gasteiger partial charge < -0.3 is 14.4 Å². The van der Waals surface area contributed by atoms with Gasteiger partial charge in [-0.3, -0.25) is 0 Å². The number of hydrogen-bond donors (Lipinski definition) is 0. The van der Waals surface area contributed by atoms with E-state index in [0.29, 0.717) is 36.4 Å². The first-order chi connectivity index (χ1) is 12.1. The lowest BCUT2D eigenvalue weighted by Crippen LogP contribution is -2.36. The summed E-state index contributed by atoms with van der Waals surface area (Å²) < 4.78 is 39.0. The van der Waals surface area contributed by atoms with Crippen molar-refractivity contribution in [2.24, 2.45) is 0 Å². The van der Waals surface area contributed by atoms with Crippen LogP contribution in [0.2, 0.25) is 0 Å². The van der Waals surface area contributed by atoms with E-state index in [4.69, 9.17) is 9.47 Å². The topological polar surface area (TPSA) is 59.1 Å². The average Bonchev–Trinajstić information content (AvgIpc) is 3.31. The van der Waals surface area contributed by atoms with E-state index in [1.807, 2.05) is 12.1 Å². The summed E-state index contributed by atoms with van der Waals surface area (Å²) >= 11 is 0. The van der Waals surface area contributed by atoms with Gasteiger partial charge in [0.25, 0.3) is 0 Å². The molecular weight excluding hydrogens is 340 g/mol. The molecule has 2 aliphatic heterocycles. The third kappa shape index (κ3) is 3.25. The molecule has 1 aromatic carbocycles. The molecule has 0 aromatic heterocycles. The van der Waals surface area contributed by atoms with E-state index in [0.717, 1.165) is 44.3 Å². The summed E-state index contributed by atoms with van der Waals surface area (Å²) in [5.41, 5.74) is 1.02. The number of ether oxygens (including phenoxy) is 2. The van der Waals surface area contributed by atoms with Gasteiger partial charge in [-0.15, -0.1) is 0 Å². The van der Waals surface area contributed by atoms with Crippen LogP contribution in [-0.4, -0.2) is 58.2 Å². The number of rotatable bonds is 4. The van der Waals surface area contributed by atoms with Crippen molar-refractivity contribution >= 4 is 15.7 Å². The van der Waals surface area contributed by atoms with Crippen molar-refractivity contribution in [3.8, 4) is 5.75 Å². The highest BCUT2D eigenvalue weighted by Crippen LogP contribution is 2.39. The summed E-state index contributed by atoms with van der Waals surface area (Å²) in [6.07, 6.45) is 4.90. The fourth-order valence-electron chi connectivity index (χ4n) is 3.93. The highest BCUT2D eigenvalue weighted by atomic mass is 32.2. The third-order valence-electron chi connectivity index (χ3n) is 5.32. The van der Waals surface area contributed by atoms with E-state index in [2.05, 4.69) is 4.90 Å². The summed E-state index contributed by atoms with van der Waals surface area (Å²) in [4.78, 5) is 2.61. The molecule has 1 saturated carbocycles. The number of benzene rings is 1. The zero-order valence-corrected chi connectivity index (χ0v) is 15.5. The molecule has 0 bridgehead atoms. The van der Waals surface area contributed by atoms with Gasteiger partial charge in [-0.1, -0.05) is 0 Å². The van der Waals surface area contributed by atoms with Crippen molar-refractivity contribution in [3.05, 3.63) is 18.2 Å². The Labute approximate surface area is 149 Å². The normalized spacial score (nSPS) is 26.6. The zero-order valence-electron chi connectivity index (χ0n) is 14.7. The van der Waals surface area contributed by atoms with E-state index in [1.165, 1.54) is 0 Å². The Bertz CT molecular complexity index is 733. The van der Waals surface area contributed by atoms with Gasteiger partial charge in [-0.25, -0.2) is 8.42 Å². The van der Waals surface area contributed by atoms with Gasteiger partial charge in [-0.2, -0.15) is 4.31 Å². The number of hydrogen-bond acceptors (Lipinski definition) is 5. The van der Waals surface area contributed by atoms with Crippen LogP contribution in [0, 0.1) is 0 Å². The maximum absolute atomic E-state index is 13.1. The van der Waals surface area contributed by atoms with Gasteiger partial charge in [0, 0.05) is 38.0 Å². The van der Waals surface area contributed by atoms with Crippen molar-refractivity contribution in [3.63, 3.8) is 0 Å². The van der Waals surface area contributed by atoms with Crippen LogP contribution in [-0.2, 0) is 14.8 Å². The van der Waals surface area contributed by atoms with Crippen LogP contribution >= 0.6 is 0 Å². The van der Waals surface area contributed by atoms with Gasteiger partial charge in [0.2, 0.25) is 10.0 Å². The summed E-state index contributed by atoms with van der Waals surface area (Å²) in [6, 6.07) is 6.07. The van der Waals surface area contributed by atoms with Crippen LogP contribution in [0.15, 0.2) is 23.1 Å². The number of nitrogens with zero attached hydrogens (tertiary/aromatic N) is 2. The smallest absolute Gasteiger partial charge is 0.247 e. The molecule has 0 radical (unpaired) electrons. The molecule has 1 saturated heterocycles. The zero-order chi connectivity index (χ0) is 17.4. The molecule has 0 spiro atoms. The van der Waals surface area contributed by atoms with Crippen molar-refractivity contribution in [2.75, 3.05) is 38.3 Å². The Morgan fingerprint density at radius 3 is 2.80 bits per heavy atom. The van der Waals surface area contributed by atoms with Crippen molar-refractivity contribution in [2.45, 2.75) is 49.1 Å². The lowest BCUT2D eigenvalue weighted by Gasteiger charge is -2.29. The molecule has 138 valence electrons. The predicted octanol–water partition coefficient (Wildman–Crippen LogP) is 2.24. The van der Waals surface area contributed by atoms with Gasteiger partial charge in [0.1, 0.15) is 10.6 Å². The Morgan fingerprint density at radius 2 is 2.04 bits per heavy atom. The predicted molar refractivity (Wildman–Crippen MR) is 95.7 cm³/mol. The molecule has 4 rings (SSSR count). The second-order valence-electron chi connectivity index (χ2n) is 7.12. The van der Waals surface area contributed by atoms with Gasteiger partial charge in [0.15, 0.2) is 0 Å². The van der Waals surface area contributed by atoms with Crippen LogP contribution in [0.5, 0.6) is 5.75 Å². The molecule has 7 heteroatoms. The van der Waals surface area contributed by atoms with E-state index >= 15 is 0 Å². The minimum Gasteiger partial charge on any atom is -0.492 e. The minimum atomic E-state index is -3.48. The monoisotopic (exact) mass is 366 g/mol. The fourth-order valence-corrected chi connectivity index (χ4v) is 5.77. The second-order valence-corrected chi connectivity index (χ2v) is 8.98. The lowest BCUT2D eigenvalue weighted by molar-refractivity contribution is 0.181. The number of methoxy groups -OCH3 is 1. The lowest BCUT2D eigenvalue weighted by atomic mass is 10.2. The Kier molecular flexibility index (Phi) is 4.64. The van der Waals surface area contributed by atoms with Gasteiger partial charge >= 0.3 is 0 Å². The molecule has 6 nitrogen and oxygen atoms in total. The Hall–Kier alpha value is -1.31. The third-order valence-corrected chi connectivity index (χ3v) is 7.31. The molecule has 0 N–H and O–H groups in total. The highest BCUT2D eigenvalue weighted by Gasteiger charge is 2.40. The van der Waals surface area contributed by atoms with Crippen LogP contribution in [0.4, 0.5) is 5.69 Å². The molecule has 25 heavy (non-hydrogen) atoms. The average molecular weight is 366 g/mol. The van der Waals surface area contributed by atoms with Crippen molar-refractivity contribution in [1.82, 2.24) is 4.31 Å². The minimum absolute atomic E-state index is 0.181. The van der Waals surface area contributed by atoms with Gasteiger partial charge in [-0.05, 0) is 44.2 Å². The molecule has 2 heterocycles.